The van der Waals surface area contributed by atoms with Crippen LogP contribution < -0.4 is 15.4 Å². The first kappa shape index (κ1) is 10.8. The van der Waals surface area contributed by atoms with Crippen molar-refractivity contribution in [3.05, 3.63) is 22.7 Å². The fourth-order valence-electron chi connectivity index (χ4n) is 1.85. The highest BCUT2D eigenvalue weighted by atomic mass is 79.9. The summed E-state index contributed by atoms with van der Waals surface area (Å²) in [5, 5.41) is 0. The van der Waals surface area contributed by atoms with Crippen LogP contribution >= 0.6 is 15.9 Å². The lowest BCUT2D eigenvalue weighted by atomic mass is 10.1. The Balaban J connectivity index is 2.28. The van der Waals surface area contributed by atoms with Crippen LogP contribution in [0.2, 0.25) is 0 Å². The third kappa shape index (κ3) is 2.11. The smallest absolute Gasteiger partial charge is 0.142 e. The van der Waals surface area contributed by atoms with Crippen molar-refractivity contribution in [2.75, 3.05) is 25.1 Å². The minimum absolute atomic E-state index is 0.386. The quantitative estimate of drug-likeness (QED) is 0.894. The second-order valence-electron chi connectivity index (χ2n) is 3.77. The number of hydrogen-bond donors (Lipinski definition) is 1. The van der Waals surface area contributed by atoms with Crippen molar-refractivity contribution in [3.63, 3.8) is 0 Å². The van der Waals surface area contributed by atoms with E-state index in [-0.39, 0.29) is 0 Å². The van der Waals surface area contributed by atoms with Crippen molar-refractivity contribution in [2.24, 2.45) is 5.73 Å². The van der Waals surface area contributed by atoms with E-state index in [2.05, 4.69) is 33.9 Å². The molecule has 15 heavy (non-hydrogen) atoms. The van der Waals surface area contributed by atoms with Gasteiger partial charge in [-0.05, 0) is 31.2 Å². The Kier molecular flexibility index (Phi) is 3.17. The van der Waals surface area contributed by atoms with Crippen molar-refractivity contribution in [3.8, 4) is 5.75 Å². The SMILES string of the molecule is CN1c2cc(Br)ccc2OCC1CCN. The number of fused-ring (bicyclic) bond motifs is 1. The highest BCUT2D eigenvalue weighted by molar-refractivity contribution is 9.10. The molecule has 82 valence electrons. The van der Waals surface area contributed by atoms with Crippen LogP contribution in [0.4, 0.5) is 5.69 Å². The maximum atomic E-state index is 5.70. The van der Waals surface area contributed by atoms with Gasteiger partial charge in [-0.1, -0.05) is 15.9 Å². The molecule has 3 nitrogen and oxygen atoms in total. The van der Waals surface area contributed by atoms with Gasteiger partial charge in [0.15, 0.2) is 0 Å². The van der Waals surface area contributed by atoms with Gasteiger partial charge in [0.1, 0.15) is 12.4 Å². The average Bonchev–Trinajstić information content (AvgIpc) is 2.23. The highest BCUT2D eigenvalue weighted by Crippen LogP contribution is 2.35. The second-order valence-corrected chi connectivity index (χ2v) is 4.68. The number of nitrogens with zero attached hydrogens (tertiary/aromatic N) is 1. The number of likely N-dealkylation sites (N-methyl/N-ethyl adjacent to an activating group) is 1. The van der Waals surface area contributed by atoms with Gasteiger partial charge in [0.05, 0.1) is 11.7 Å². The molecule has 1 atom stereocenters. The Bertz CT molecular complexity index is 356. The molecule has 0 radical (unpaired) electrons. The number of nitrogens with two attached hydrogens (primary N) is 1. The van der Waals surface area contributed by atoms with Crippen LogP contribution in [0.3, 0.4) is 0 Å². The fourth-order valence-corrected chi connectivity index (χ4v) is 2.20. The maximum Gasteiger partial charge on any atom is 0.142 e. The van der Waals surface area contributed by atoms with Crippen molar-refractivity contribution < 1.29 is 4.74 Å². The lowest BCUT2D eigenvalue weighted by molar-refractivity contribution is 0.261. The molecular formula is C11H15BrN2O. The summed E-state index contributed by atoms with van der Waals surface area (Å²) in [4.78, 5) is 2.25. The average molecular weight is 271 g/mol. The van der Waals surface area contributed by atoms with E-state index in [0.717, 1.165) is 28.9 Å². The molecule has 1 heterocycles. The van der Waals surface area contributed by atoms with Crippen LogP contribution in [0.25, 0.3) is 0 Å². The summed E-state index contributed by atoms with van der Waals surface area (Å²) >= 11 is 3.47. The third-order valence-electron chi connectivity index (χ3n) is 2.78. The zero-order valence-corrected chi connectivity index (χ0v) is 10.3. The van der Waals surface area contributed by atoms with Crippen LogP contribution in [-0.2, 0) is 0 Å². The first-order chi connectivity index (χ1) is 7.22. The zero-order valence-electron chi connectivity index (χ0n) is 8.74. The third-order valence-corrected chi connectivity index (χ3v) is 3.27. The van der Waals surface area contributed by atoms with Crippen LogP contribution in [-0.4, -0.2) is 26.2 Å². The molecule has 0 saturated carbocycles. The first-order valence-electron chi connectivity index (χ1n) is 5.07. The predicted molar refractivity (Wildman–Crippen MR) is 65.5 cm³/mol. The Morgan fingerprint density at radius 1 is 1.60 bits per heavy atom. The lowest BCUT2D eigenvalue weighted by Crippen LogP contribution is -2.41. The molecule has 0 amide bonds. The predicted octanol–water partition coefficient (Wildman–Crippen LogP) is 2.00. The Hall–Kier alpha value is -0.740. The highest BCUT2D eigenvalue weighted by Gasteiger charge is 2.23. The van der Waals surface area contributed by atoms with E-state index in [1.807, 2.05) is 12.1 Å². The number of halogens is 1. The molecule has 0 fully saturated rings. The summed E-state index contributed by atoms with van der Waals surface area (Å²) in [6.45, 7) is 1.42. The molecule has 0 bridgehead atoms. The van der Waals surface area contributed by atoms with Crippen LogP contribution in [0.5, 0.6) is 5.75 Å². The summed E-state index contributed by atoms with van der Waals surface area (Å²) < 4.78 is 6.77. The van der Waals surface area contributed by atoms with E-state index >= 15 is 0 Å². The van der Waals surface area contributed by atoms with Gasteiger partial charge in [-0.3, -0.25) is 0 Å². The number of hydrogen-bond acceptors (Lipinski definition) is 3. The van der Waals surface area contributed by atoms with Crippen LogP contribution in [0, 0.1) is 0 Å². The largest absolute Gasteiger partial charge is 0.489 e. The monoisotopic (exact) mass is 270 g/mol. The normalized spacial score (nSPS) is 19.7. The van der Waals surface area contributed by atoms with E-state index < -0.39 is 0 Å². The molecule has 1 aromatic carbocycles. The molecule has 1 aliphatic rings. The Morgan fingerprint density at radius 3 is 3.13 bits per heavy atom. The lowest BCUT2D eigenvalue weighted by Gasteiger charge is -2.35. The van der Waals surface area contributed by atoms with E-state index in [9.17, 15) is 0 Å². The topological polar surface area (TPSA) is 38.5 Å². The van der Waals surface area contributed by atoms with Crippen molar-refractivity contribution in [2.45, 2.75) is 12.5 Å². The molecule has 2 rings (SSSR count). The van der Waals surface area contributed by atoms with Gasteiger partial charge < -0.3 is 15.4 Å². The van der Waals surface area contributed by atoms with Gasteiger partial charge in [0, 0.05) is 11.5 Å². The second kappa shape index (κ2) is 4.41. The molecule has 1 unspecified atom stereocenters. The molecule has 1 aliphatic heterocycles. The first-order valence-corrected chi connectivity index (χ1v) is 5.87. The standard InChI is InChI=1S/C11H15BrN2O/c1-14-9(4-5-13)7-15-11-3-2-8(12)6-10(11)14/h2-3,6,9H,4-5,7,13H2,1H3. The summed E-state index contributed by atoms with van der Waals surface area (Å²) in [5.74, 6) is 0.953. The van der Waals surface area contributed by atoms with Gasteiger partial charge in [0.25, 0.3) is 0 Å². The number of benzene rings is 1. The van der Waals surface area contributed by atoms with E-state index in [1.165, 1.54) is 0 Å². The molecule has 1 aromatic rings. The van der Waals surface area contributed by atoms with Gasteiger partial charge in [0.2, 0.25) is 0 Å². The molecule has 4 heteroatoms. The van der Waals surface area contributed by atoms with Crippen LogP contribution in [0.15, 0.2) is 22.7 Å². The molecule has 0 spiro atoms. The summed E-state index contributed by atoms with van der Waals surface area (Å²) in [6, 6.07) is 6.46. The number of ether oxygens (including phenoxy) is 1. The number of anilines is 1. The van der Waals surface area contributed by atoms with E-state index in [0.29, 0.717) is 12.6 Å². The minimum atomic E-state index is 0.386. The fraction of sp³-hybridized carbons (Fsp3) is 0.455. The summed E-state index contributed by atoms with van der Waals surface area (Å²) in [6.07, 6.45) is 0.961. The summed E-state index contributed by atoms with van der Waals surface area (Å²) in [7, 11) is 2.09. The van der Waals surface area contributed by atoms with Crippen molar-refractivity contribution in [1.82, 2.24) is 0 Å². The van der Waals surface area contributed by atoms with Gasteiger partial charge >= 0.3 is 0 Å². The summed E-state index contributed by atoms with van der Waals surface area (Å²) in [5.41, 5.74) is 6.71. The Labute approximate surface area is 98.3 Å². The molecule has 0 aliphatic carbocycles. The maximum absolute atomic E-state index is 5.70. The molecule has 2 N–H and O–H groups in total. The van der Waals surface area contributed by atoms with Gasteiger partial charge in [-0.2, -0.15) is 0 Å². The molecule has 0 saturated heterocycles. The molecule has 0 aromatic heterocycles. The van der Waals surface area contributed by atoms with Crippen molar-refractivity contribution >= 4 is 21.6 Å². The van der Waals surface area contributed by atoms with E-state index in [1.54, 1.807) is 0 Å². The van der Waals surface area contributed by atoms with E-state index in [4.69, 9.17) is 10.5 Å². The Morgan fingerprint density at radius 2 is 2.40 bits per heavy atom. The molecular weight excluding hydrogens is 256 g/mol. The van der Waals surface area contributed by atoms with Crippen LogP contribution in [0.1, 0.15) is 6.42 Å². The van der Waals surface area contributed by atoms with Crippen molar-refractivity contribution in [1.29, 1.82) is 0 Å². The number of rotatable bonds is 2. The zero-order chi connectivity index (χ0) is 10.8. The van der Waals surface area contributed by atoms with Gasteiger partial charge in [-0.15, -0.1) is 0 Å². The van der Waals surface area contributed by atoms with Gasteiger partial charge in [-0.25, -0.2) is 0 Å². The minimum Gasteiger partial charge on any atom is -0.489 e.